The first-order valence-electron chi connectivity index (χ1n) is 17.4. The van der Waals surface area contributed by atoms with Crippen LogP contribution >= 0.6 is 11.3 Å². The molecule has 6 rings (SSSR count). The molecule has 2 saturated heterocycles. The lowest BCUT2D eigenvalue weighted by Gasteiger charge is -2.34. The van der Waals surface area contributed by atoms with Crippen molar-refractivity contribution in [1.29, 1.82) is 0 Å². The number of piperidine rings is 2. The lowest BCUT2D eigenvalue weighted by molar-refractivity contribution is 0.101. The van der Waals surface area contributed by atoms with Crippen LogP contribution in [0.3, 0.4) is 0 Å². The van der Waals surface area contributed by atoms with E-state index in [0.717, 1.165) is 56.9 Å². The molecule has 2 fully saturated rings. The molecule has 0 aliphatic carbocycles. The molecule has 3 aromatic carbocycles. The van der Waals surface area contributed by atoms with Crippen LogP contribution < -0.4 is 10.6 Å². The molecule has 14 heteroatoms. The number of aromatic nitrogens is 1. The monoisotopic (exact) mass is 749 g/mol. The number of carbonyl (C=O) groups excluding carboxylic acids is 2. The van der Waals surface area contributed by atoms with Crippen LogP contribution in [0.1, 0.15) is 85.9 Å². The number of carbonyl (C=O) groups is 2. The molecular weight excluding hydrogens is 707 g/mol. The van der Waals surface area contributed by atoms with Crippen molar-refractivity contribution < 1.29 is 26.4 Å². The molecule has 4 aromatic rings. The van der Waals surface area contributed by atoms with Crippen LogP contribution in [0.15, 0.2) is 88.0 Å². The van der Waals surface area contributed by atoms with Crippen molar-refractivity contribution in [3.05, 3.63) is 89.3 Å². The lowest BCUT2D eigenvalue weighted by atomic mass is 10.0. The molecule has 270 valence electrons. The Morgan fingerprint density at radius 1 is 0.686 bits per heavy atom. The summed E-state index contributed by atoms with van der Waals surface area (Å²) in [7, 11) is -7.28. The average molecular weight is 750 g/mol. The van der Waals surface area contributed by atoms with E-state index in [2.05, 4.69) is 15.6 Å². The Balaban J connectivity index is 1.04. The summed E-state index contributed by atoms with van der Waals surface area (Å²) < 4.78 is 56.3. The van der Waals surface area contributed by atoms with Gasteiger partial charge in [-0.25, -0.2) is 21.8 Å². The normalized spacial score (nSPS) is 19.0. The van der Waals surface area contributed by atoms with Gasteiger partial charge in [0.15, 0.2) is 5.13 Å². The molecule has 2 N–H and O–H groups in total. The number of hydrogen-bond acceptors (Lipinski definition) is 8. The number of nitrogens with zero attached hydrogens (tertiary/aromatic N) is 3. The van der Waals surface area contributed by atoms with E-state index in [1.54, 1.807) is 32.9 Å². The van der Waals surface area contributed by atoms with Crippen molar-refractivity contribution in [2.24, 2.45) is 0 Å². The van der Waals surface area contributed by atoms with Gasteiger partial charge < -0.3 is 5.32 Å². The predicted octanol–water partition coefficient (Wildman–Crippen LogP) is 7.22. The Morgan fingerprint density at radius 2 is 1.16 bits per heavy atom. The summed E-state index contributed by atoms with van der Waals surface area (Å²) in [6.07, 6.45) is 7.00. The maximum Gasteiger partial charge on any atom is 0.257 e. The number of nitrogens with one attached hydrogen (secondary N) is 2. The molecule has 3 heterocycles. The maximum atomic E-state index is 13.3. The van der Waals surface area contributed by atoms with E-state index in [0.29, 0.717) is 40.7 Å². The van der Waals surface area contributed by atoms with Crippen molar-refractivity contribution in [1.82, 2.24) is 13.6 Å². The quantitative estimate of drug-likeness (QED) is 0.165. The standard InChI is InChI=1S/C37H43N5O6S3/c1-3-30-9-5-7-23-41(30)50(45,46)32-19-13-27(14-20-32)35(43)38-29-17-11-26(12-18-29)34-25-49-37(39-34)40-36(44)28-15-21-33(22-16-28)51(47,48)42-24-8-6-10-31(42)4-2/h11-22,25,30-31H,3-10,23-24H2,1-2H3,(H,38,43)(H,39,40,44). The Labute approximate surface area is 304 Å². The molecular formula is C37H43N5O6S3. The average Bonchev–Trinajstić information content (AvgIpc) is 3.63. The van der Waals surface area contributed by atoms with Crippen molar-refractivity contribution in [2.75, 3.05) is 23.7 Å². The lowest BCUT2D eigenvalue weighted by Crippen LogP contribution is -2.43. The van der Waals surface area contributed by atoms with E-state index in [1.807, 2.05) is 19.2 Å². The molecule has 2 aliphatic rings. The van der Waals surface area contributed by atoms with Gasteiger partial charge in [0.25, 0.3) is 11.8 Å². The summed E-state index contributed by atoms with van der Waals surface area (Å²) in [6.45, 7) is 5.03. The van der Waals surface area contributed by atoms with Crippen molar-refractivity contribution in [3.63, 3.8) is 0 Å². The van der Waals surface area contributed by atoms with Gasteiger partial charge in [-0.3, -0.25) is 14.9 Å². The van der Waals surface area contributed by atoms with Crippen LogP contribution in [0.5, 0.6) is 0 Å². The second-order valence-electron chi connectivity index (χ2n) is 12.9. The molecule has 0 radical (unpaired) electrons. The fourth-order valence-corrected chi connectivity index (χ4v) is 11.0. The van der Waals surface area contributed by atoms with Crippen LogP contribution in [0.4, 0.5) is 10.8 Å². The Hall–Kier alpha value is -3.95. The minimum Gasteiger partial charge on any atom is -0.322 e. The molecule has 51 heavy (non-hydrogen) atoms. The van der Waals surface area contributed by atoms with E-state index in [1.165, 1.54) is 59.9 Å². The summed E-state index contributed by atoms with van der Waals surface area (Å²) in [4.78, 5) is 30.8. The van der Waals surface area contributed by atoms with Gasteiger partial charge in [0.1, 0.15) is 0 Å². The maximum absolute atomic E-state index is 13.3. The van der Waals surface area contributed by atoms with E-state index in [4.69, 9.17) is 0 Å². The zero-order valence-corrected chi connectivity index (χ0v) is 31.2. The second kappa shape index (κ2) is 15.7. The predicted molar refractivity (Wildman–Crippen MR) is 200 cm³/mol. The molecule has 0 spiro atoms. The van der Waals surface area contributed by atoms with Crippen LogP contribution in [0.2, 0.25) is 0 Å². The number of anilines is 2. The van der Waals surface area contributed by atoms with Gasteiger partial charge in [0, 0.05) is 52.9 Å². The number of benzene rings is 3. The molecule has 0 saturated carbocycles. The number of thiazole rings is 1. The van der Waals surface area contributed by atoms with E-state index in [-0.39, 0.29) is 27.8 Å². The number of hydrogen-bond donors (Lipinski definition) is 2. The second-order valence-corrected chi connectivity index (χ2v) is 17.6. The third-order valence-corrected chi connectivity index (χ3v) is 14.4. The Bertz CT molecular complexity index is 2070. The molecule has 0 bridgehead atoms. The van der Waals surface area contributed by atoms with Crippen molar-refractivity contribution in [2.45, 2.75) is 87.1 Å². The van der Waals surface area contributed by atoms with E-state index < -0.39 is 26.0 Å². The Kier molecular flexibility index (Phi) is 11.4. The van der Waals surface area contributed by atoms with E-state index >= 15 is 0 Å². The minimum atomic E-state index is -3.64. The van der Waals surface area contributed by atoms with Crippen LogP contribution in [0.25, 0.3) is 11.3 Å². The molecule has 2 unspecified atom stereocenters. The van der Waals surface area contributed by atoms with Gasteiger partial charge in [-0.2, -0.15) is 8.61 Å². The highest BCUT2D eigenvalue weighted by Crippen LogP contribution is 2.30. The smallest absolute Gasteiger partial charge is 0.257 e. The van der Waals surface area contributed by atoms with Gasteiger partial charge in [0.05, 0.1) is 15.5 Å². The summed E-state index contributed by atoms with van der Waals surface area (Å²) in [6, 6.07) is 19.1. The third-order valence-electron chi connectivity index (χ3n) is 9.70. The fraction of sp³-hybridized carbons (Fsp3) is 0.378. The van der Waals surface area contributed by atoms with Gasteiger partial charge >= 0.3 is 0 Å². The highest BCUT2D eigenvalue weighted by Gasteiger charge is 2.33. The number of amides is 2. The highest BCUT2D eigenvalue weighted by atomic mass is 32.2. The zero-order valence-electron chi connectivity index (χ0n) is 28.7. The first-order chi connectivity index (χ1) is 24.5. The molecule has 2 aliphatic heterocycles. The molecule has 11 nitrogen and oxygen atoms in total. The summed E-state index contributed by atoms with van der Waals surface area (Å²) in [5, 5.41) is 7.83. The molecule has 1 aromatic heterocycles. The Morgan fingerprint density at radius 3 is 1.63 bits per heavy atom. The van der Waals surface area contributed by atoms with Gasteiger partial charge in [0.2, 0.25) is 20.0 Å². The summed E-state index contributed by atoms with van der Waals surface area (Å²) >= 11 is 1.26. The van der Waals surface area contributed by atoms with Gasteiger partial charge in [-0.1, -0.05) is 38.8 Å². The topological polar surface area (TPSA) is 146 Å². The molecule has 2 atom stereocenters. The summed E-state index contributed by atoms with van der Waals surface area (Å²) in [5.41, 5.74) is 2.63. The number of rotatable bonds is 11. The first kappa shape index (κ1) is 36.8. The summed E-state index contributed by atoms with van der Waals surface area (Å²) in [5.74, 6) is -0.762. The largest absolute Gasteiger partial charge is 0.322 e. The highest BCUT2D eigenvalue weighted by molar-refractivity contribution is 7.89. The van der Waals surface area contributed by atoms with Crippen LogP contribution in [0, 0.1) is 0 Å². The fourth-order valence-electron chi connectivity index (χ4n) is 6.78. The van der Waals surface area contributed by atoms with Gasteiger partial charge in [-0.05, 0) is 99.2 Å². The van der Waals surface area contributed by atoms with Crippen LogP contribution in [-0.4, -0.2) is 67.4 Å². The first-order valence-corrected chi connectivity index (χ1v) is 21.2. The third kappa shape index (κ3) is 8.10. The van der Waals surface area contributed by atoms with Crippen molar-refractivity contribution in [3.8, 4) is 11.3 Å². The van der Waals surface area contributed by atoms with E-state index in [9.17, 15) is 26.4 Å². The SMILES string of the molecule is CCC1CCCCN1S(=O)(=O)c1ccc(C(=O)Nc2ccc(-c3csc(NC(=O)c4ccc(S(=O)(=O)N5CCCCC5CC)cc4)n3)cc2)cc1. The number of sulfonamides is 2. The van der Waals surface area contributed by atoms with Crippen molar-refractivity contribution >= 4 is 54.0 Å². The van der Waals surface area contributed by atoms with Crippen LogP contribution in [-0.2, 0) is 20.0 Å². The minimum absolute atomic E-state index is 0.000354. The van der Waals surface area contributed by atoms with Gasteiger partial charge in [-0.15, -0.1) is 11.3 Å². The zero-order chi connectivity index (χ0) is 36.2. The molecule has 2 amide bonds.